The first-order chi connectivity index (χ1) is 10.7. The van der Waals surface area contributed by atoms with Crippen molar-refractivity contribution in [3.8, 4) is 11.3 Å². The van der Waals surface area contributed by atoms with Gasteiger partial charge in [-0.1, -0.05) is 12.1 Å². The van der Waals surface area contributed by atoms with Gasteiger partial charge in [0, 0.05) is 24.0 Å². The summed E-state index contributed by atoms with van der Waals surface area (Å²) in [6.07, 6.45) is 7.64. The Morgan fingerprint density at radius 2 is 2.18 bits per heavy atom. The van der Waals surface area contributed by atoms with Crippen LogP contribution in [0, 0.1) is 0 Å². The van der Waals surface area contributed by atoms with Crippen LogP contribution in [-0.4, -0.2) is 31.5 Å². The van der Waals surface area contributed by atoms with Crippen molar-refractivity contribution in [1.82, 2.24) is 14.4 Å². The summed E-state index contributed by atoms with van der Waals surface area (Å²) in [5.41, 5.74) is 2.68. The SMILES string of the molecule is O=C(O)c1cccc(-c2cnc3c(NC4CC4)nccn23)c1. The first-order valence-corrected chi connectivity index (χ1v) is 7.15. The van der Waals surface area contributed by atoms with E-state index in [1.54, 1.807) is 30.6 Å². The van der Waals surface area contributed by atoms with Crippen LogP contribution in [0.3, 0.4) is 0 Å². The average molecular weight is 294 g/mol. The van der Waals surface area contributed by atoms with Gasteiger partial charge in [-0.05, 0) is 25.0 Å². The average Bonchev–Trinajstić information content (AvgIpc) is 3.23. The van der Waals surface area contributed by atoms with Gasteiger partial charge in [0.2, 0.25) is 0 Å². The van der Waals surface area contributed by atoms with Gasteiger partial charge >= 0.3 is 5.97 Å². The van der Waals surface area contributed by atoms with Crippen molar-refractivity contribution in [2.75, 3.05) is 5.32 Å². The second-order valence-corrected chi connectivity index (χ2v) is 5.42. The summed E-state index contributed by atoms with van der Waals surface area (Å²) in [5.74, 6) is -0.168. The molecule has 1 aliphatic rings. The fourth-order valence-corrected chi connectivity index (χ4v) is 2.47. The zero-order valence-electron chi connectivity index (χ0n) is 11.7. The summed E-state index contributed by atoms with van der Waals surface area (Å²) in [5, 5.41) is 12.5. The van der Waals surface area contributed by atoms with Gasteiger partial charge in [-0.15, -0.1) is 0 Å². The van der Waals surface area contributed by atoms with Gasteiger partial charge in [0.1, 0.15) is 0 Å². The molecule has 2 N–H and O–H groups in total. The second-order valence-electron chi connectivity index (χ2n) is 5.42. The fraction of sp³-hybridized carbons (Fsp3) is 0.188. The number of benzene rings is 1. The maximum Gasteiger partial charge on any atom is 0.335 e. The molecule has 0 spiro atoms. The first-order valence-electron chi connectivity index (χ1n) is 7.15. The standard InChI is InChI=1S/C16H14N4O2/c21-16(22)11-3-1-2-10(8-11)13-9-18-15-14(19-12-4-5-12)17-6-7-20(13)15/h1-3,6-9,12H,4-5H2,(H,17,19)(H,21,22). The number of hydrogen-bond donors (Lipinski definition) is 2. The topological polar surface area (TPSA) is 79.5 Å². The molecule has 6 nitrogen and oxygen atoms in total. The molecule has 0 unspecified atom stereocenters. The van der Waals surface area contributed by atoms with E-state index < -0.39 is 5.97 Å². The smallest absolute Gasteiger partial charge is 0.335 e. The molecule has 6 heteroatoms. The molecule has 2 heterocycles. The van der Waals surface area contributed by atoms with Crippen LogP contribution in [0.4, 0.5) is 5.82 Å². The zero-order valence-corrected chi connectivity index (χ0v) is 11.7. The third-order valence-electron chi connectivity index (χ3n) is 3.75. The summed E-state index contributed by atoms with van der Waals surface area (Å²) < 4.78 is 1.93. The minimum atomic E-state index is -0.937. The second kappa shape index (κ2) is 4.84. The third-order valence-corrected chi connectivity index (χ3v) is 3.75. The molecule has 0 atom stereocenters. The number of anilines is 1. The summed E-state index contributed by atoms with van der Waals surface area (Å²) in [4.78, 5) is 19.9. The van der Waals surface area contributed by atoms with Crippen molar-refractivity contribution in [1.29, 1.82) is 0 Å². The number of carboxylic acid groups (broad SMARTS) is 1. The van der Waals surface area contributed by atoms with Gasteiger partial charge < -0.3 is 10.4 Å². The highest BCUT2D eigenvalue weighted by atomic mass is 16.4. The number of rotatable bonds is 4. The summed E-state index contributed by atoms with van der Waals surface area (Å²) in [7, 11) is 0. The molecule has 0 aliphatic heterocycles. The van der Waals surface area contributed by atoms with E-state index in [0.29, 0.717) is 6.04 Å². The number of nitrogens with one attached hydrogen (secondary N) is 1. The minimum absolute atomic E-state index is 0.262. The van der Waals surface area contributed by atoms with Gasteiger partial charge in [0.15, 0.2) is 11.5 Å². The Hall–Kier alpha value is -2.89. The maximum atomic E-state index is 11.1. The van der Waals surface area contributed by atoms with Crippen molar-refractivity contribution in [2.45, 2.75) is 18.9 Å². The highest BCUT2D eigenvalue weighted by Gasteiger charge is 2.23. The van der Waals surface area contributed by atoms with Crippen LogP contribution in [0.5, 0.6) is 0 Å². The highest BCUT2D eigenvalue weighted by molar-refractivity contribution is 5.89. The number of carbonyl (C=O) groups is 1. The molecule has 22 heavy (non-hydrogen) atoms. The van der Waals surface area contributed by atoms with Crippen LogP contribution in [0.1, 0.15) is 23.2 Å². The molecule has 1 saturated carbocycles. The Kier molecular flexibility index (Phi) is 2.82. The minimum Gasteiger partial charge on any atom is -0.478 e. The Bertz CT molecular complexity index is 867. The molecule has 1 aliphatic carbocycles. The first kappa shape index (κ1) is 12.8. The van der Waals surface area contributed by atoms with Crippen LogP contribution in [0.2, 0.25) is 0 Å². The molecule has 110 valence electrons. The largest absolute Gasteiger partial charge is 0.478 e. The zero-order chi connectivity index (χ0) is 15.1. The maximum absolute atomic E-state index is 11.1. The predicted octanol–water partition coefficient (Wildman–Crippen LogP) is 2.67. The molecule has 4 rings (SSSR count). The van der Waals surface area contributed by atoms with Crippen LogP contribution in [0.25, 0.3) is 16.9 Å². The van der Waals surface area contributed by atoms with Gasteiger partial charge in [0.25, 0.3) is 0 Å². The number of nitrogens with zero attached hydrogens (tertiary/aromatic N) is 3. The lowest BCUT2D eigenvalue weighted by Crippen LogP contribution is -2.05. The van der Waals surface area contributed by atoms with Gasteiger partial charge in [-0.3, -0.25) is 4.40 Å². The van der Waals surface area contributed by atoms with Crippen LogP contribution < -0.4 is 5.32 Å². The molecule has 1 aromatic carbocycles. The lowest BCUT2D eigenvalue weighted by Gasteiger charge is -2.07. The lowest BCUT2D eigenvalue weighted by atomic mass is 10.1. The molecular weight excluding hydrogens is 280 g/mol. The predicted molar refractivity (Wildman–Crippen MR) is 82.0 cm³/mol. The van der Waals surface area contributed by atoms with Crippen LogP contribution >= 0.6 is 0 Å². The monoisotopic (exact) mass is 294 g/mol. The molecular formula is C16H14N4O2. The Morgan fingerprint density at radius 1 is 1.32 bits per heavy atom. The molecule has 0 saturated heterocycles. The van der Waals surface area contributed by atoms with Crippen molar-refractivity contribution < 1.29 is 9.90 Å². The van der Waals surface area contributed by atoms with Crippen LogP contribution in [0.15, 0.2) is 42.9 Å². The number of hydrogen-bond acceptors (Lipinski definition) is 4. The van der Waals surface area contributed by atoms with Crippen molar-refractivity contribution in [3.05, 3.63) is 48.4 Å². The molecule has 0 amide bonds. The number of aromatic nitrogens is 3. The van der Waals surface area contributed by atoms with Gasteiger partial charge in [-0.25, -0.2) is 14.8 Å². The Balaban J connectivity index is 1.82. The van der Waals surface area contributed by atoms with E-state index in [4.69, 9.17) is 5.11 Å². The Morgan fingerprint density at radius 3 is 2.95 bits per heavy atom. The number of fused-ring (bicyclic) bond motifs is 1. The fourth-order valence-electron chi connectivity index (χ4n) is 2.47. The Labute approximate surface area is 126 Å². The van der Waals surface area contributed by atoms with Crippen molar-refractivity contribution in [3.63, 3.8) is 0 Å². The number of aromatic carboxylic acids is 1. The summed E-state index contributed by atoms with van der Waals surface area (Å²) >= 11 is 0. The normalized spacial score (nSPS) is 14.2. The van der Waals surface area contributed by atoms with E-state index in [0.717, 1.165) is 35.6 Å². The van der Waals surface area contributed by atoms with E-state index in [-0.39, 0.29) is 5.56 Å². The molecule has 2 aromatic heterocycles. The van der Waals surface area contributed by atoms with E-state index in [9.17, 15) is 4.79 Å². The number of imidazole rings is 1. The van der Waals surface area contributed by atoms with Gasteiger partial charge in [0.05, 0.1) is 17.5 Å². The van der Waals surface area contributed by atoms with Crippen molar-refractivity contribution in [2.24, 2.45) is 0 Å². The van der Waals surface area contributed by atoms with E-state index in [1.165, 1.54) is 0 Å². The third kappa shape index (κ3) is 2.18. The number of carboxylic acids is 1. The van der Waals surface area contributed by atoms with Crippen LogP contribution in [-0.2, 0) is 0 Å². The van der Waals surface area contributed by atoms with E-state index in [2.05, 4.69) is 15.3 Å². The van der Waals surface area contributed by atoms with E-state index in [1.807, 2.05) is 16.7 Å². The molecule has 0 radical (unpaired) electrons. The summed E-state index contributed by atoms with van der Waals surface area (Å²) in [6.45, 7) is 0. The van der Waals surface area contributed by atoms with Crippen molar-refractivity contribution >= 4 is 17.4 Å². The lowest BCUT2D eigenvalue weighted by molar-refractivity contribution is 0.0697. The quantitative estimate of drug-likeness (QED) is 0.773. The highest BCUT2D eigenvalue weighted by Crippen LogP contribution is 2.28. The van der Waals surface area contributed by atoms with E-state index >= 15 is 0 Å². The van der Waals surface area contributed by atoms with Gasteiger partial charge in [-0.2, -0.15) is 0 Å². The summed E-state index contributed by atoms with van der Waals surface area (Å²) in [6, 6.07) is 7.35. The molecule has 0 bridgehead atoms. The molecule has 1 fully saturated rings. The molecule has 3 aromatic rings.